The Morgan fingerprint density at radius 1 is 1.13 bits per heavy atom. The average Bonchev–Trinajstić information content (AvgIpc) is 3.03. The topological polar surface area (TPSA) is 92.0 Å². The molecule has 1 aromatic carbocycles. The zero-order valence-corrected chi connectivity index (χ0v) is 18.6. The predicted octanol–water partition coefficient (Wildman–Crippen LogP) is 3.92. The van der Waals surface area contributed by atoms with Crippen molar-refractivity contribution in [2.24, 2.45) is 10.8 Å². The number of fused-ring (bicyclic) bond motifs is 3. The monoisotopic (exact) mass is 428 g/mol. The van der Waals surface area contributed by atoms with Gasteiger partial charge in [0.2, 0.25) is 5.60 Å². The first-order chi connectivity index (χ1) is 14.6. The van der Waals surface area contributed by atoms with E-state index in [1.165, 1.54) is 6.07 Å². The Kier molecular flexibility index (Phi) is 4.91. The third kappa shape index (κ3) is 2.82. The van der Waals surface area contributed by atoms with Crippen LogP contribution in [-0.4, -0.2) is 24.1 Å². The van der Waals surface area contributed by atoms with E-state index in [-0.39, 0.29) is 18.0 Å². The largest absolute Gasteiger partial charge is 0.493 e. The summed E-state index contributed by atoms with van der Waals surface area (Å²) in [5.41, 5.74) is -2.06. The first-order valence-corrected chi connectivity index (χ1v) is 10.7. The molecule has 2 atom stereocenters. The maximum atomic E-state index is 13.3. The molecule has 2 aliphatic rings. The van der Waals surface area contributed by atoms with Crippen molar-refractivity contribution in [2.45, 2.75) is 66.1 Å². The highest BCUT2D eigenvalue weighted by Crippen LogP contribution is 2.65. The van der Waals surface area contributed by atoms with E-state index >= 15 is 0 Å². The summed E-state index contributed by atoms with van der Waals surface area (Å²) < 4.78 is 23.0. The molecule has 0 N–H and O–H groups in total. The zero-order chi connectivity index (χ0) is 22.6. The second-order valence-electron chi connectivity index (χ2n) is 9.03. The van der Waals surface area contributed by atoms with Crippen LogP contribution in [0.15, 0.2) is 27.4 Å². The fraction of sp³-hybridized carbons (Fsp3) is 0.542. The first kappa shape index (κ1) is 21.4. The van der Waals surface area contributed by atoms with E-state index < -0.39 is 22.4 Å². The van der Waals surface area contributed by atoms with E-state index in [9.17, 15) is 14.4 Å². The van der Waals surface area contributed by atoms with Crippen LogP contribution < -0.4 is 10.2 Å². The molecule has 0 spiro atoms. The summed E-state index contributed by atoms with van der Waals surface area (Å²) in [5.74, 6) is 0.0744. The molecule has 0 radical (unpaired) electrons. The number of hydrogen-bond acceptors (Lipinski definition) is 7. The second-order valence-corrected chi connectivity index (χ2v) is 9.03. The van der Waals surface area contributed by atoms with Crippen LogP contribution in [0.5, 0.6) is 5.75 Å². The fourth-order valence-corrected chi connectivity index (χ4v) is 4.86. The summed E-state index contributed by atoms with van der Waals surface area (Å²) in [7, 11) is 0. The van der Waals surface area contributed by atoms with Crippen molar-refractivity contribution in [2.75, 3.05) is 6.61 Å². The van der Waals surface area contributed by atoms with Gasteiger partial charge in [-0.05, 0) is 38.8 Å². The Bertz CT molecular complexity index is 1130. The highest BCUT2D eigenvalue weighted by atomic mass is 16.6. The van der Waals surface area contributed by atoms with Crippen molar-refractivity contribution in [3.05, 3.63) is 39.7 Å². The van der Waals surface area contributed by atoms with Crippen molar-refractivity contribution in [1.29, 1.82) is 0 Å². The smallest absolute Gasteiger partial charge is 0.351 e. The van der Waals surface area contributed by atoms with Gasteiger partial charge in [-0.2, -0.15) is 0 Å². The fourth-order valence-electron chi connectivity index (χ4n) is 4.86. The molecule has 2 fully saturated rings. The normalized spacial score (nSPS) is 26.2. The molecule has 1 saturated carbocycles. The van der Waals surface area contributed by atoms with Crippen molar-refractivity contribution in [3.8, 4) is 5.75 Å². The van der Waals surface area contributed by atoms with Crippen LogP contribution in [0.2, 0.25) is 0 Å². The van der Waals surface area contributed by atoms with Gasteiger partial charge in [-0.15, -0.1) is 0 Å². The molecule has 7 heteroatoms. The first-order valence-electron chi connectivity index (χ1n) is 10.7. The summed E-state index contributed by atoms with van der Waals surface area (Å²) in [6, 6.07) is 4.80. The lowest BCUT2D eigenvalue weighted by Gasteiger charge is -2.34. The Hall–Kier alpha value is -2.83. The second kappa shape index (κ2) is 7.11. The van der Waals surface area contributed by atoms with Crippen LogP contribution in [0.4, 0.5) is 0 Å². The summed E-state index contributed by atoms with van der Waals surface area (Å²) in [6.07, 6.45) is 1.54. The Balaban J connectivity index is 1.71. The lowest BCUT2D eigenvalue weighted by atomic mass is 9.66. The number of aryl methyl sites for hydroxylation is 1. The van der Waals surface area contributed by atoms with Gasteiger partial charge in [0.05, 0.1) is 23.0 Å². The SMILES string of the molecule is CCOc1ccc2c(=O)cc(CC)oc2c1COC(=O)[C@]12CC[C@](C)(C(=O)O1)C2(C)C. The molecule has 1 saturated heterocycles. The molecule has 0 amide bonds. The van der Waals surface area contributed by atoms with Gasteiger partial charge in [0, 0.05) is 17.9 Å². The van der Waals surface area contributed by atoms with Crippen LogP contribution in [-0.2, 0) is 32.1 Å². The number of rotatable bonds is 6. The minimum Gasteiger partial charge on any atom is -0.493 e. The van der Waals surface area contributed by atoms with Gasteiger partial charge in [-0.1, -0.05) is 20.8 Å². The number of carbonyl (C=O) groups is 2. The van der Waals surface area contributed by atoms with Crippen LogP contribution in [0.25, 0.3) is 11.0 Å². The molecule has 4 rings (SSSR count). The molecule has 166 valence electrons. The van der Waals surface area contributed by atoms with Gasteiger partial charge in [0.15, 0.2) is 5.43 Å². The number of ether oxygens (including phenoxy) is 3. The molecule has 7 nitrogen and oxygen atoms in total. The van der Waals surface area contributed by atoms with Crippen LogP contribution >= 0.6 is 0 Å². The van der Waals surface area contributed by atoms with Crippen LogP contribution in [0, 0.1) is 10.8 Å². The highest BCUT2D eigenvalue weighted by Gasteiger charge is 2.76. The van der Waals surface area contributed by atoms with E-state index in [4.69, 9.17) is 18.6 Å². The molecule has 2 aromatic rings. The summed E-state index contributed by atoms with van der Waals surface area (Å²) in [4.78, 5) is 38.3. The minimum absolute atomic E-state index is 0.159. The van der Waals surface area contributed by atoms with E-state index in [1.54, 1.807) is 12.1 Å². The quantitative estimate of drug-likeness (QED) is 0.644. The van der Waals surface area contributed by atoms with Crippen molar-refractivity contribution in [1.82, 2.24) is 0 Å². The third-order valence-corrected chi connectivity index (χ3v) is 7.42. The third-order valence-electron chi connectivity index (χ3n) is 7.42. The molecular formula is C24H28O7. The van der Waals surface area contributed by atoms with E-state index in [2.05, 4.69) is 0 Å². The number of hydrogen-bond donors (Lipinski definition) is 0. The molecule has 0 unspecified atom stereocenters. The lowest BCUT2D eigenvalue weighted by molar-refractivity contribution is -0.184. The summed E-state index contributed by atoms with van der Waals surface area (Å²) >= 11 is 0. The zero-order valence-electron chi connectivity index (χ0n) is 18.6. The average molecular weight is 428 g/mol. The molecule has 1 aromatic heterocycles. The van der Waals surface area contributed by atoms with Crippen molar-refractivity contribution < 1.29 is 28.2 Å². The molecule has 31 heavy (non-hydrogen) atoms. The van der Waals surface area contributed by atoms with E-state index in [0.717, 1.165) is 0 Å². The molecule has 2 bridgehead atoms. The Labute approximate surface area is 180 Å². The number of benzene rings is 1. The highest BCUT2D eigenvalue weighted by molar-refractivity contribution is 5.93. The summed E-state index contributed by atoms with van der Waals surface area (Å²) in [6.45, 7) is 9.58. The molecular weight excluding hydrogens is 400 g/mol. The van der Waals surface area contributed by atoms with Crippen molar-refractivity contribution >= 4 is 22.9 Å². The molecule has 2 heterocycles. The number of esters is 2. The Morgan fingerprint density at radius 3 is 2.45 bits per heavy atom. The van der Waals surface area contributed by atoms with Gasteiger partial charge in [0.25, 0.3) is 0 Å². The summed E-state index contributed by atoms with van der Waals surface area (Å²) in [5, 5.41) is 0.394. The Morgan fingerprint density at radius 2 is 1.87 bits per heavy atom. The number of carbonyl (C=O) groups excluding carboxylic acids is 2. The van der Waals surface area contributed by atoms with Gasteiger partial charge < -0.3 is 18.6 Å². The lowest BCUT2D eigenvalue weighted by Crippen LogP contribution is -2.48. The van der Waals surface area contributed by atoms with E-state index in [0.29, 0.717) is 53.9 Å². The maximum Gasteiger partial charge on any atom is 0.351 e. The molecule has 1 aliphatic heterocycles. The standard InChI is InChI=1S/C24H28O7/c1-6-14-12-17(25)15-8-9-18(28-7-2)16(19(15)30-14)13-29-21(27)24-11-10-23(5,20(26)31-24)22(24,3)4/h8-9,12H,6-7,10-11,13H2,1-5H3/t23-,24+/m1/s1. The minimum atomic E-state index is -1.31. The van der Waals surface area contributed by atoms with Gasteiger partial charge >= 0.3 is 11.9 Å². The van der Waals surface area contributed by atoms with Gasteiger partial charge in [-0.25, -0.2) is 4.79 Å². The van der Waals surface area contributed by atoms with Crippen LogP contribution in [0.3, 0.4) is 0 Å². The van der Waals surface area contributed by atoms with Gasteiger partial charge in [0.1, 0.15) is 23.7 Å². The van der Waals surface area contributed by atoms with Crippen molar-refractivity contribution in [3.63, 3.8) is 0 Å². The predicted molar refractivity (Wildman–Crippen MR) is 113 cm³/mol. The maximum absolute atomic E-state index is 13.3. The molecule has 1 aliphatic carbocycles. The van der Waals surface area contributed by atoms with E-state index in [1.807, 2.05) is 34.6 Å². The van der Waals surface area contributed by atoms with Crippen LogP contribution in [0.1, 0.15) is 58.8 Å². The van der Waals surface area contributed by atoms with Gasteiger partial charge in [-0.3, -0.25) is 9.59 Å².